The Bertz CT molecular complexity index is 1060. The molecule has 0 aromatic heterocycles. The van der Waals surface area contributed by atoms with E-state index in [1.807, 2.05) is 51.3 Å². The van der Waals surface area contributed by atoms with Crippen molar-refractivity contribution >= 4 is 35.2 Å². The van der Waals surface area contributed by atoms with Gasteiger partial charge in [-0.1, -0.05) is 39.0 Å². The summed E-state index contributed by atoms with van der Waals surface area (Å²) in [7, 11) is 0. The first-order valence-electron chi connectivity index (χ1n) is 10.8. The molecule has 2 aromatic carbocycles. The van der Waals surface area contributed by atoms with Crippen molar-refractivity contribution in [3.05, 3.63) is 48.0 Å². The number of anilines is 1. The Balaban J connectivity index is 1.59. The van der Waals surface area contributed by atoms with Crippen LogP contribution in [0.3, 0.4) is 0 Å². The summed E-state index contributed by atoms with van der Waals surface area (Å²) in [5.41, 5.74) is 2.82. The van der Waals surface area contributed by atoms with Crippen LogP contribution in [0.5, 0.6) is 0 Å². The minimum Gasteiger partial charge on any atom is -0.338 e. The largest absolute Gasteiger partial charge is 0.338 e. The van der Waals surface area contributed by atoms with Gasteiger partial charge in [0.1, 0.15) is 6.04 Å². The Labute approximate surface area is 193 Å². The second-order valence-electron chi connectivity index (χ2n) is 9.57. The predicted octanol–water partition coefficient (Wildman–Crippen LogP) is 4.12. The molecular formula is C25H29N3O3S. The average molecular weight is 452 g/mol. The van der Waals surface area contributed by atoms with Crippen LogP contribution in [0.4, 0.5) is 5.69 Å². The number of fused-ring (bicyclic) bond motifs is 2. The summed E-state index contributed by atoms with van der Waals surface area (Å²) < 4.78 is 0. The normalized spacial score (nSPS) is 18.6. The number of nitrogens with one attached hydrogen (secondary N) is 1. The Kier molecular flexibility index (Phi) is 6.03. The van der Waals surface area contributed by atoms with Crippen molar-refractivity contribution in [2.75, 3.05) is 31.2 Å². The van der Waals surface area contributed by atoms with Crippen LogP contribution in [0.2, 0.25) is 0 Å². The van der Waals surface area contributed by atoms with Crippen molar-refractivity contribution in [2.24, 2.45) is 5.41 Å². The first kappa shape index (κ1) is 22.4. The van der Waals surface area contributed by atoms with E-state index in [9.17, 15) is 14.4 Å². The number of carbonyl (C=O) groups is 3. The molecule has 3 amide bonds. The summed E-state index contributed by atoms with van der Waals surface area (Å²) in [5, 5.41) is 2.91. The third-order valence-electron chi connectivity index (χ3n) is 5.91. The number of hydrogen-bond donors (Lipinski definition) is 1. The second-order valence-corrected chi connectivity index (χ2v) is 10.4. The van der Waals surface area contributed by atoms with Gasteiger partial charge in [-0.05, 0) is 47.1 Å². The fraction of sp³-hybridized carbons (Fsp3) is 0.400. The summed E-state index contributed by atoms with van der Waals surface area (Å²) in [5.74, 6) is -0.397. The maximum Gasteiger partial charge on any atom is 0.256 e. The van der Waals surface area contributed by atoms with E-state index in [0.717, 1.165) is 11.1 Å². The number of rotatable bonds is 3. The minimum absolute atomic E-state index is 0.0233. The van der Waals surface area contributed by atoms with Crippen molar-refractivity contribution in [3.63, 3.8) is 0 Å². The van der Waals surface area contributed by atoms with Crippen molar-refractivity contribution in [1.29, 1.82) is 0 Å². The van der Waals surface area contributed by atoms with Crippen LogP contribution < -0.4 is 5.32 Å². The molecule has 4 rings (SSSR count). The molecule has 0 aliphatic carbocycles. The summed E-state index contributed by atoms with van der Waals surface area (Å²) >= 11 is 1.68. The smallest absolute Gasteiger partial charge is 0.256 e. The van der Waals surface area contributed by atoms with Gasteiger partial charge in [0.25, 0.3) is 5.91 Å². The number of thioether (sulfide) groups is 1. The second kappa shape index (κ2) is 8.62. The first-order valence-corrected chi connectivity index (χ1v) is 12.1. The van der Waals surface area contributed by atoms with Gasteiger partial charge in [-0.3, -0.25) is 14.4 Å². The van der Waals surface area contributed by atoms with Gasteiger partial charge >= 0.3 is 0 Å². The molecule has 0 radical (unpaired) electrons. The Morgan fingerprint density at radius 2 is 1.75 bits per heavy atom. The zero-order valence-corrected chi connectivity index (χ0v) is 19.8. The van der Waals surface area contributed by atoms with Crippen molar-refractivity contribution in [2.45, 2.75) is 38.1 Å². The molecule has 1 N–H and O–H groups in total. The molecule has 1 unspecified atom stereocenters. The number of nitrogens with zero attached hydrogens (tertiary/aromatic N) is 2. The van der Waals surface area contributed by atoms with E-state index in [1.165, 1.54) is 4.90 Å². The summed E-state index contributed by atoms with van der Waals surface area (Å²) in [6.45, 7) is 7.07. The number of piperazine rings is 1. The standard InChI is InChI=1S/C25H29N3O3S/c1-25(2,3)14-22(29)27-11-12-28-21(15-27)23(30)26-20-10-7-17(13-19(20)24(28)31)16-5-8-18(32-4)9-6-16/h5-10,13,21H,11-12,14-15H2,1-4H3,(H,26,30). The molecule has 168 valence electrons. The highest BCUT2D eigenvalue weighted by Crippen LogP contribution is 2.31. The van der Waals surface area contributed by atoms with Crippen molar-refractivity contribution in [3.8, 4) is 11.1 Å². The monoisotopic (exact) mass is 451 g/mol. The van der Waals surface area contributed by atoms with Crippen LogP contribution in [0, 0.1) is 5.41 Å². The fourth-order valence-electron chi connectivity index (χ4n) is 4.21. The predicted molar refractivity (Wildman–Crippen MR) is 128 cm³/mol. The lowest BCUT2D eigenvalue weighted by molar-refractivity contribution is -0.137. The lowest BCUT2D eigenvalue weighted by Crippen LogP contribution is -2.59. The molecule has 0 bridgehead atoms. The number of amides is 3. The molecule has 6 nitrogen and oxygen atoms in total. The van der Waals surface area contributed by atoms with E-state index in [4.69, 9.17) is 0 Å². The van der Waals surface area contributed by atoms with Gasteiger partial charge in [-0.25, -0.2) is 0 Å². The average Bonchev–Trinajstić information content (AvgIpc) is 2.87. The third kappa shape index (κ3) is 4.53. The fourth-order valence-corrected chi connectivity index (χ4v) is 4.61. The van der Waals surface area contributed by atoms with Gasteiger partial charge in [0.2, 0.25) is 11.8 Å². The molecule has 2 aliphatic rings. The van der Waals surface area contributed by atoms with E-state index < -0.39 is 6.04 Å². The number of carbonyl (C=O) groups excluding carboxylic acids is 3. The first-order chi connectivity index (χ1) is 15.2. The molecule has 2 aromatic rings. The quantitative estimate of drug-likeness (QED) is 0.713. The zero-order valence-electron chi connectivity index (χ0n) is 19.0. The highest BCUT2D eigenvalue weighted by molar-refractivity contribution is 7.98. The maximum absolute atomic E-state index is 13.4. The maximum atomic E-state index is 13.4. The van der Waals surface area contributed by atoms with Gasteiger partial charge in [0.15, 0.2) is 0 Å². The minimum atomic E-state index is -0.683. The molecule has 1 atom stereocenters. The van der Waals surface area contributed by atoms with E-state index in [0.29, 0.717) is 30.8 Å². The lowest BCUT2D eigenvalue weighted by atomic mass is 9.91. The van der Waals surface area contributed by atoms with Gasteiger partial charge in [0.05, 0.1) is 17.8 Å². The van der Waals surface area contributed by atoms with Crippen molar-refractivity contribution < 1.29 is 14.4 Å². The summed E-state index contributed by atoms with van der Waals surface area (Å²) in [6, 6.07) is 13.1. The topological polar surface area (TPSA) is 69.7 Å². The molecule has 1 saturated heterocycles. The van der Waals surface area contributed by atoms with Gasteiger partial charge < -0.3 is 15.1 Å². The molecule has 0 spiro atoms. The number of hydrogen-bond acceptors (Lipinski definition) is 4. The highest BCUT2D eigenvalue weighted by atomic mass is 32.2. The summed E-state index contributed by atoms with van der Waals surface area (Å²) in [6.07, 6.45) is 2.44. The van der Waals surface area contributed by atoms with Crippen LogP contribution in [-0.2, 0) is 9.59 Å². The van der Waals surface area contributed by atoms with Crippen LogP contribution in [0.15, 0.2) is 47.4 Å². The van der Waals surface area contributed by atoms with Crippen molar-refractivity contribution in [1.82, 2.24) is 9.80 Å². The molecule has 2 heterocycles. The van der Waals surface area contributed by atoms with Gasteiger partial charge in [-0.15, -0.1) is 11.8 Å². The lowest BCUT2D eigenvalue weighted by Gasteiger charge is -2.40. The van der Waals surface area contributed by atoms with E-state index in [1.54, 1.807) is 27.6 Å². The van der Waals surface area contributed by atoms with Crippen LogP contribution in [0.1, 0.15) is 37.6 Å². The molecule has 32 heavy (non-hydrogen) atoms. The molecular weight excluding hydrogens is 422 g/mol. The van der Waals surface area contributed by atoms with Crippen LogP contribution >= 0.6 is 11.8 Å². The molecule has 7 heteroatoms. The van der Waals surface area contributed by atoms with Crippen LogP contribution in [-0.4, -0.2) is 59.5 Å². The zero-order chi connectivity index (χ0) is 23.0. The Hall–Kier alpha value is -2.80. The Morgan fingerprint density at radius 3 is 2.41 bits per heavy atom. The molecule has 2 aliphatic heterocycles. The summed E-state index contributed by atoms with van der Waals surface area (Å²) in [4.78, 5) is 43.6. The van der Waals surface area contributed by atoms with Gasteiger partial charge in [0, 0.05) is 24.4 Å². The highest BCUT2D eigenvalue weighted by Gasteiger charge is 2.40. The molecule has 0 saturated carbocycles. The third-order valence-corrected chi connectivity index (χ3v) is 6.65. The van der Waals surface area contributed by atoms with E-state index >= 15 is 0 Å². The van der Waals surface area contributed by atoms with Crippen LogP contribution in [0.25, 0.3) is 11.1 Å². The molecule has 1 fully saturated rings. The van der Waals surface area contributed by atoms with E-state index in [-0.39, 0.29) is 29.7 Å². The van der Waals surface area contributed by atoms with E-state index in [2.05, 4.69) is 17.4 Å². The Morgan fingerprint density at radius 1 is 1.06 bits per heavy atom. The van der Waals surface area contributed by atoms with Gasteiger partial charge in [-0.2, -0.15) is 0 Å². The number of benzene rings is 2. The SMILES string of the molecule is CSc1ccc(-c2ccc3c(c2)C(=O)N2CCN(C(=O)CC(C)(C)C)CC2C(=O)N3)cc1.